The summed E-state index contributed by atoms with van der Waals surface area (Å²) in [5.74, 6) is 0.673. The first-order valence-electron chi connectivity index (χ1n) is 6.27. The molecule has 1 aliphatic heterocycles. The first kappa shape index (κ1) is 12.9. The largest absolute Gasteiger partial charge is 0.497 e. The molecule has 0 aliphatic carbocycles. The van der Waals surface area contributed by atoms with Gasteiger partial charge in [0.1, 0.15) is 5.75 Å². The summed E-state index contributed by atoms with van der Waals surface area (Å²) in [6.45, 7) is 2.60. The molecule has 1 aliphatic rings. The van der Waals surface area contributed by atoms with Crippen molar-refractivity contribution in [3.05, 3.63) is 29.8 Å². The first-order chi connectivity index (χ1) is 8.69. The van der Waals surface area contributed by atoms with Crippen molar-refractivity contribution >= 4 is 5.97 Å². The van der Waals surface area contributed by atoms with Gasteiger partial charge in [-0.05, 0) is 36.6 Å². The Hall–Kier alpha value is -1.55. The Morgan fingerprint density at radius 1 is 1.44 bits per heavy atom. The fourth-order valence-electron chi connectivity index (χ4n) is 2.44. The van der Waals surface area contributed by atoms with Crippen LogP contribution in [-0.2, 0) is 4.79 Å². The third-order valence-electron chi connectivity index (χ3n) is 3.50. The van der Waals surface area contributed by atoms with Crippen LogP contribution in [0.3, 0.4) is 0 Å². The molecule has 4 heteroatoms. The average Bonchev–Trinajstić information content (AvgIpc) is 2.85. The van der Waals surface area contributed by atoms with Gasteiger partial charge < -0.3 is 14.7 Å². The number of hydrogen-bond donors (Lipinski definition) is 1. The quantitative estimate of drug-likeness (QED) is 0.866. The molecule has 0 radical (unpaired) electrons. The number of aliphatic carboxylic acids is 1. The van der Waals surface area contributed by atoms with Crippen LogP contribution in [0.15, 0.2) is 24.3 Å². The average molecular weight is 249 g/mol. The van der Waals surface area contributed by atoms with Gasteiger partial charge in [-0.3, -0.25) is 4.79 Å². The molecule has 1 fully saturated rings. The van der Waals surface area contributed by atoms with E-state index in [9.17, 15) is 4.79 Å². The number of ether oxygens (including phenoxy) is 1. The maximum atomic E-state index is 10.5. The Labute approximate surface area is 107 Å². The fourth-order valence-corrected chi connectivity index (χ4v) is 2.44. The number of nitrogens with zero attached hydrogens (tertiary/aromatic N) is 1. The molecule has 4 nitrogen and oxygen atoms in total. The number of rotatable bonds is 5. The van der Waals surface area contributed by atoms with E-state index in [2.05, 4.69) is 17.0 Å². The van der Waals surface area contributed by atoms with E-state index < -0.39 is 5.97 Å². The van der Waals surface area contributed by atoms with Crippen LogP contribution in [-0.4, -0.2) is 42.7 Å². The van der Waals surface area contributed by atoms with Gasteiger partial charge in [-0.25, -0.2) is 0 Å². The highest BCUT2D eigenvalue weighted by atomic mass is 16.5. The molecule has 2 rings (SSSR count). The molecule has 1 saturated heterocycles. The summed E-state index contributed by atoms with van der Waals surface area (Å²) < 4.78 is 5.14. The van der Waals surface area contributed by atoms with Gasteiger partial charge in [0.2, 0.25) is 0 Å². The second-order valence-corrected chi connectivity index (χ2v) is 4.70. The molecular formula is C14H19NO3. The maximum Gasteiger partial charge on any atom is 0.304 e. The second kappa shape index (κ2) is 5.87. The zero-order valence-corrected chi connectivity index (χ0v) is 10.6. The molecule has 98 valence electrons. The standard InChI is InChI=1S/C14H19NO3/c1-18-13-4-2-11(3-5-13)12-6-8-15(10-12)9-7-14(16)17/h2-5,12H,6-10H2,1H3,(H,16,17). The Morgan fingerprint density at radius 2 is 2.17 bits per heavy atom. The monoisotopic (exact) mass is 249 g/mol. The Bertz CT molecular complexity index is 402. The Morgan fingerprint density at radius 3 is 2.78 bits per heavy atom. The third kappa shape index (κ3) is 3.23. The number of benzene rings is 1. The minimum atomic E-state index is -0.720. The minimum Gasteiger partial charge on any atom is -0.497 e. The van der Waals surface area contributed by atoms with E-state index >= 15 is 0 Å². The summed E-state index contributed by atoms with van der Waals surface area (Å²) in [5, 5.41) is 8.67. The molecule has 0 saturated carbocycles. The number of methoxy groups -OCH3 is 1. The molecule has 0 bridgehead atoms. The fraction of sp³-hybridized carbons (Fsp3) is 0.500. The topological polar surface area (TPSA) is 49.8 Å². The molecule has 18 heavy (non-hydrogen) atoms. The smallest absolute Gasteiger partial charge is 0.304 e. The van der Waals surface area contributed by atoms with Gasteiger partial charge in [-0.2, -0.15) is 0 Å². The molecule has 1 aromatic carbocycles. The summed E-state index contributed by atoms with van der Waals surface area (Å²) in [4.78, 5) is 12.8. The van der Waals surface area contributed by atoms with Crippen LogP contribution >= 0.6 is 0 Å². The van der Waals surface area contributed by atoms with E-state index in [-0.39, 0.29) is 6.42 Å². The van der Waals surface area contributed by atoms with Gasteiger partial charge >= 0.3 is 5.97 Å². The summed E-state index contributed by atoms with van der Waals surface area (Å²) in [6.07, 6.45) is 1.33. The van der Waals surface area contributed by atoms with Crippen LogP contribution in [0.25, 0.3) is 0 Å². The lowest BCUT2D eigenvalue weighted by Crippen LogP contribution is -2.23. The number of hydrogen-bond acceptors (Lipinski definition) is 3. The van der Waals surface area contributed by atoms with Crippen molar-refractivity contribution in [2.45, 2.75) is 18.8 Å². The van der Waals surface area contributed by atoms with E-state index in [1.54, 1.807) is 7.11 Å². The lowest BCUT2D eigenvalue weighted by molar-refractivity contribution is -0.137. The second-order valence-electron chi connectivity index (χ2n) is 4.70. The van der Waals surface area contributed by atoms with Gasteiger partial charge in [0.25, 0.3) is 0 Å². The van der Waals surface area contributed by atoms with E-state index in [1.165, 1.54) is 5.56 Å². The third-order valence-corrected chi connectivity index (χ3v) is 3.50. The first-order valence-corrected chi connectivity index (χ1v) is 6.27. The van der Waals surface area contributed by atoms with Crippen LogP contribution in [0, 0.1) is 0 Å². The van der Waals surface area contributed by atoms with Crippen molar-refractivity contribution in [2.75, 3.05) is 26.7 Å². The van der Waals surface area contributed by atoms with E-state index in [4.69, 9.17) is 9.84 Å². The lowest BCUT2D eigenvalue weighted by atomic mass is 9.98. The minimum absolute atomic E-state index is 0.231. The summed E-state index contributed by atoms with van der Waals surface area (Å²) >= 11 is 0. The van der Waals surface area contributed by atoms with Gasteiger partial charge in [-0.1, -0.05) is 12.1 Å². The molecule has 0 aromatic heterocycles. The van der Waals surface area contributed by atoms with E-state index in [0.717, 1.165) is 25.3 Å². The van der Waals surface area contributed by atoms with E-state index in [0.29, 0.717) is 12.5 Å². The molecule has 0 amide bonds. The molecule has 1 heterocycles. The van der Waals surface area contributed by atoms with Crippen molar-refractivity contribution in [1.29, 1.82) is 0 Å². The molecule has 1 unspecified atom stereocenters. The lowest BCUT2D eigenvalue weighted by Gasteiger charge is -2.15. The Balaban J connectivity index is 1.89. The van der Waals surface area contributed by atoms with Crippen LogP contribution in [0.5, 0.6) is 5.75 Å². The van der Waals surface area contributed by atoms with Crippen LogP contribution < -0.4 is 4.74 Å². The Kier molecular flexibility index (Phi) is 4.20. The van der Waals surface area contributed by atoms with Crippen molar-refractivity contribution in [1.82, 2.24) is 4.90 Å². The van der Waals surface area contributed by atoms with Crippen molar-refractivity contribution < 1.29 is 14.6 Å². The van der Waals surface area contributed by atoms with Gasteiger partial charge in [0.05, 0.1) is 13.5 Å². The summed E-state index contributed by atoms with van der Waals surface area (Å²) in [5.41, 5.74) is 1.31. The highest BCUT2D eigenvalue weighted by molar-refractivity contribution is 5.66. The molecule has 1 N–H and O–H groups in total. The molecule has 1 aromatic rings. The molecular weight excluding hydrogens is 230 g/mol. The van der Waals surface area contributed by atoms with Crippen LogP contribution in [0.1, 0.15) is 24.3 Å². The molecule has 1 atom stereocenters. The van der Waals surface area contributed by atoms with Gasteiger partial charge in [0.15, 0.2) is 0 Å². The highest BCUT2D eigenvalue weighted by Gasteiger charge is 2.23. The summed E-state index contributed by atoms with van der Waals surface area (Å²) in [7, 11) is 1.66. The van der Waals surface area contributed by atoms with Crippen LogP contribution in [0.2, 0.25) is 0 Å². The SMILES string of the molecule is COc1ccc(C2CCN(CCC(=O)O)C2)cc1. The molecule has 0 spiro atoms. The van der Waals surface area contributed by atoms with Crippen molar-refractivity contribution in [3.63, 3.8) is 0 Å². The number of likely N-dealkylation sites (tertiary alicyclic amines) is 1. The van der Waals surface area contributed by atoms with Gasteiger partial charge in [0, 0.05) is 13.1 Å². The van der Waals surface area contributed by atoms with Gasteiger partial charge in [-0.15, -0.1) is 0 Å². The summed E-state index contributed by atoms with van der Waals surface area (Å²) in [6, 6.07) is 8.17. The normalized spacial score (nSPS) is 19.9. The predicted octanol–water partition coefficient (Wildman–Crippen LogP) is 1.96. The number of carboxylic acids is 1. The highest BCUT2D eigenvalue weighted by Crippen LogP contribution is 2.28. The predicted molar refractivity (Wildman–Crippen MR) is 69.0 cm³/mol. The maximum absolute atomic E-state index is 10.5. The zero-order chi connectivity index (χ0) is 13.0. The zero-order valence-electron chi connectivity index (χ0n) is 10.6. The van der Waals surface area contributed by atoms with Crippen molar-refractivity contribution in [3.8, 4) is 5.75 Å². The van der Waals surface area contributed by atoms with Crippen molar-refractivity contribution in [2.24, 2.45) is 0 Å². The number of carboxylic acid groups (broad SMARTS) is 1. The van der Waals surface area contributed by atoms with Crippen LogP contribution in [0.4, 0.5) is 0 Å². The number of carbonyl (C=O) groups is 1. The van der Waals surface area contributed by atoms with E-state index in [1.807, 2.05) is 12.1 Å².